The molecule has 0 spiro atoms. The Morgan fingerprint density at radius 3 is 2.92 bits per heavy atom. The van der Waals surface area contributed by atoms with Crippen LogP contribution < -0.4 is 5.73 Å². The van der Waals surface area contributed by atoms with E-state index in [2.05, 4.69) is 15.0 Å². The van der Waals surface area contributed by atoms with Gasteiger partial charge in [-0.25, -0.2) is 4.39 Å². The lowest BCUT2D eigenvalue weighted by atomic mass is 10.2. The molecule has 2 heterocycles. The van der Waals surface area contributed by atoms with Gasteiger partial charge in [0, 0.05) is 31.7 Å². The molecule has 1 aromatic carbocycles. The summed E-state index contributed by atoms with van der Waals surface area (Å²) in [6, 6.07) is 5.81. The Morgan fingerprint density at radius 1 is 1.29 bits per heavy atom. The van der Waals surface area contributed by atoms with Crippen molar-refractivity contribution in [2.45, 2.75) is 19.5 Å². The van der Waals surface area contributed by atoms with Crippen molar-refractivity contribution in [1.82, 2.24) is 19.9 Å². The molecule has 8 heteroatoms. The van der Waals surface area contributed by atoms with Crippen molar-refractivity contribution >= 4 is 5.91 Å². The van der Waals surface area contributed by atoms with Crippen molar-refractivity contribution in [1.29, 1.82) is 0 Å². The van der Waals surface area contributed by atoms with Crippen LogP contribution >= 0.6 is 0 Å². The van der Waals surface area contributed by atoms with Crippen LogP contribution in [0.4, 0.5) is 4.39 Å². The van der Waals surface area contributed by atoms with E-state index in [0.29, 0.717) is 43.5 Å². The summed E-state index contributed by atoms with van der Waals surface area (Å²) in [6.07, 6.45) is 0.836. The topological polar surface area (TPSA) is 88.5 Å². The Bertz CT molecular complexity index is 705. The predicted octanol–water partition coefficient (Wildman–Crippen LogP) is 1.02. The first-order valence-corrected chi connectivity index (χ1v) is 7.94. The summed E-state index contributed by atoms with van der Waals surface area (Å²) in [7, 11) is 0. The van der Waals surface area contributed by atoms with Crippen LogP contribution in [-0.4, -0.2) is 52.0 Å². The quantitative estimate of drug-likeness (QED) is 0.898. The number of carbonyl (C=O) groups excluding carboxylic acids is 1. The van der Waals surface area contributed by atoms with E-state index in [-0.39, 0.29) is 12.5 Å². The van der Waals surface area contributed by atoms with Gasteiger partial charge < -0.3 is 15.2 Å². The van der Waals surface area contributed by atoms with Gasteiger partial charge >= 0.3 is 0 Å². The van der Waals surface area contributed by atoms with Gasteiger partial charge in [0.1, 0.15) is 5.82 Å². The molecule has 1 saturated heterocycles. The molecule has 24 heavy (non-hydrogen) atoms. The fourth-order valence-corrected chi connectivity index (χ4v) is 2.77. The number of carbonyl (C=O) groups is 1. The molecule has 1 fully saturated rings. The van der Waals surface area contributed by atoms with Gasteiger partial charge in [-0.2, -0.15) is 4.98 Å². The largest absolute Gasteiger partial charge is 0.338 e. The molecule has 128 valence electrons. The molecular weight excluding hydrogens is 313 g/mol. The van der Waals surface area contributed by atoms with Crippen molar-refractivity contribution < 1.29 is 13.7 Å². The third kappa shape index (κ3) is 3.95. The Morgan fingerprint density at radius 2 is 2.17 bits per heavy atom. The van der Waals surface area contributed by atoms with E-state index in [4.69, 9.17) is 10.3 Å². The lowest BCUT2D eigenvalue weighted by Gasteiger charge is -2.21. The van der Waals surface area contributed by atoms with Gasteiger partial charge in [-0.1, -0.05) is 11.2 Å². The first-order valence-electron chi connectivity index (χ1n) is 7.94. The number of nitrogens with two attached hydrogens (primary N) is 1. The normalized spacial score (nSPS) is 16.2. The zero-order valence-corrected chi connectivity index (χ0v) is 13.3. The second-order valence-corrected chi connectivity index (χ2v) is 5.74. The average Bonchev–Trinajstić information content (AvgIpc) is 2.91. The number of rotatable bonds is 4. The Kier molecular flexibility index (Phi) is 5.17. The maximum absolute atomic E-state index is 13.3. The number of aromatic nitrogens is 2. The average molecular weight is 333 g/mol. The molecule has 0 unspecified atom stereocenters. The second kappa shape index (κ2) is 7.50. The first-order chi connectivity index (χ1) is 11.7. The van der Waals surface area contributed by atoms with Crippen LogP contribution in [0.2, 0.25) is 0 Å². The minimum absolute atomic E-state index is 0.138. The third-order valence-electron chi connectivity index (χ3n) is 4.00. The van der Waals surface area contributed by atoms with Crippen LogP contribution in [0.15, 0.2) is 28.8 Å². The van der Waals surface area contributed by atoms with Gasteiger partial charge in [0.25, 0.3) is 5.91 Å². The number of halogens is 1. The molecule has 2 aromatic rings. The highest BCUT2D eigenvalue weighted by molar-refractivity contribution is 5.94. The van der Waals surface area contributed by atoms with Gasteiger partial charge in [-0.15, -0.1) is 0 Å². The summed E-state index contributed by atoms with van der Waals surface area (Å²) in [4.78, 5) is 20.6. The highest BCUT2D eigenvalue weighted by Crippen LogP contribution is 2.12. The number of hydrogen-bond acceptors (Lipinski definition) is 6. The Balaban J connectivity index is 1.59. The molecule has 0 radical (unpaired) electrons. The van der Waals surface area contributed by atoms with E-state index < -0.39 is 5.82 Å². The van der Waals surface area contributed by atoms with E-state index in [0.717, 1.165) is 13.0 Å². The molecular formula is C16H20FN5O2. The second-order valence-electron chi connectivity index (χ2n) is 5.74. The first kappa shape index (κ1) is 16.5. The lowest BCUT2D eigenvalue weighted by molar-refractivity contribution is 0.0760. The number of amides is 1. The summed E-state index contributed by atoms with van der Waals surface area (Å²) >= 11 is 0. The van der Waals surface area contributed by atoms with Gasteiger partial charge in [0.05, 0.1) is 13.1 Å². The zero-order valence-electron chi connectivity index (χ0n) is 13.3. The predicted molar refractivity (Wildman–Crippen MR) is 84.4 cm³/mol. The molecule has 7 nitrogen and oxygen atoms in total. The van der Waals surface area contributed by atoms with E-state index in [1.54, 1.807) is 17.0 Å². The molecule has 0 aliphatic carbocycles. The molecule has 1 amide bonds. The van der Waals surface area contributed by atoms with Crippen molar-refractivity contribution in [3.63, 3.8) is 0 Å². The fourth-order valence-electron chi connectivity index (χ4n) is 2.77. The van der Waals surface area contributed by atoms with Gasteiger partial charge in [-0.05, 0) is 24.6 Å². The maximum Gasteiger partial charge on any atom is 0.254 e. The van der Waals surface area contributed by atoms with E-state index in [9.17, 15) is 9.18 Å². The fraction of sp³-hybridized carbons (Fsp3) is 0.438. The van der Waals surface area contributed by atoms with Crippen LogP contribution in [0.1, 0.15) is 28.5 Å². The molecule has 2 N–H and O–H groups in total. The monoisotopic (exact) mass is 333 g/mol. The van der Waals surface area contributed by atoms with E-state index in [1.165, 1.54) is 12.1 Å². The molecule has 3 rings (SSSR count). The Hall–Kier alpha value is -2.32. The summed E-state index contributed by atoms with van der Waals surface area (Å²) in [5.41, 5.74) is 5.84. The van der Waals surface area contributed by atoms with Gasteiger partial charge in [-0.3, -0.25) is 9.69 Å². The van der Waals surface area contributed by atoms with Crippen LogP contribution in [-0.2, 0) is 13.1 Å². The molecule has 0 atom stereocenters. The minimum Gasteiger partial charge on any atom is -0.338 e. The molecule has 1 aliphatic rings. The summed E-state index contributed by atoms with van der Waals surface area (Å²) in [5, 5.41) is 3.89. The molecule has 1 aliphatic heterocycles. The zero-order chi connectivity index (χ0) is 16.9. The van der Waals surface area contributed by atoms with Crippen LogP contribution in [0.25, 0.3) is 0 Å². The van der Waals surface area contributed by atoms with Crippen LogP contribution in [0.5, 0.6) is 0 Å². The highest BCUT2D eigenvalue weighted by atomic mass is 19.1. The molecule has 0 saturated carbocycles. The maximum atomic E-state index is 13.3. The molecule has 1 aromatic heterocycles. The standard InChI is InChI=1S/C16H20FN5O2/c17-13-4-1-3-12(9-13)16(23)22-6-2-5-21(7-8-22)11-14-19-15(10-18)24-20-14/h1,3-4,9H,2,5-8,10-11,18H2. The smallest absolute Gasteiger partial charge is 0.254 e. The third-order valence-corrected chi connectivity index (χ3v) is 4.00. The van der Waals surface area contributed by atoms with Crippen LogP contribution in [0.3, 0.4) is 0 Å². The van der Waals surface area contributed by atoms with E-state index in [1.807, 2.05) is 0 Å². The van der Waals surface area contributed by atoms with Gasteiger partial charge in [0.15, 0.2) is 5.82 Å². The van der Waals surface area contributed by atoms with E-state index >= 15 is 0 Å². The van der Waals surface area contributed by atoms with Crippen molar-refractivity contribution in [3.8, 4) is 0 Å². The Labute approximate surface area is 139 Å². The minimum atomic E-state index is -0.398. The van der Waals surface area contributed by atoms with Crippen molar-refractivity contribution in [2.75, 3.05) is 26.2 Å². The summed E-state index contributed by atoms with van der Waals surface area (Å²) < 4.78 is 18.3. The number of nitrogens with zero attached hydrogens (tertiary/aromatic N) is 4. The lowest BCUT2D eigenvalue weighted by Crippen LogP contribution is -2.35. The van der Waals surface area contributed by atoms with Crippen LogP contribution in [0, 0.1) is 5.82 Å². The number of benzene rings is 1. The highest BCUT2D eigenvalue weighted by Gasteiger charge is 2.21. The SMILES string of the molecule is NCc1nc(CN2CCCN(C(=O)c3cccc(F)c3)CC2)no1. The van der Waals surface area contributed by atoms with Crippen molar-refractivity contribution in [3.05, 3.63) is 47.4 Å². The van der Waals surface area contributed by atoms with Crippen molar-refractivity contribution in [2.24, 2.45) is 5.73 Å². The summed E-state index contributed by atoms with van der Waals surface area (Å²) in [6.45, 7) is 3.55. The number of hydrogen-bond donors (Lipinski definition) is 1. The molecule has 0 bridgehead atoms. The summed E-state index contributed by atoms with van der Waals surface area (Å²) in [5.74, 6) is 0.481. The van der Waals surface area contributed by atoms with Gasteiger partial charge in [0.2, 0.25) is 5.89 Å².